The fraction of sp³-hybridized carbons (Fsp3) is 0.526. The molecule has 0 spiro atoms. The van der Waals surface area contributed by atoms with E-state index in [-0.39, 0.29) is 11.9 Å². The maximum atomic E-state index is 12.1. The summed E-state index contributed by atoms with van der Waals surface area (Å²) in [5.41, 5.74) is 2.84. The van der Waals surface area contributed by atoms with E-state index in [9.17, 15) is 4.79 Å². The van der Waals surface area contributed by atoms with Crippen LogP contribution in [-0.2, 0) is 25.4 Å². The zero-order chi connectivity index (χ0) is 18.4. The van der Waals surface area contributed by atoms with Crippen LogP contribution in [0.15, 0.2) is 22.7 Å². The number of methoxy groups -OCH3 is 1. The molecule has 1 aliphatic rings. The number of hydrogen-bond donors (Lipinski definition) is 0. The van der Waals surface area contributed by atoms with Crippen LogP contribution in [0, 0.1) is 5.92 Å². The number of esters is 1. The van der Waals surface area contributed by atoms with Crippen LogP contribution in [0.1, 0.15) is 31.9 Å². The predicted molar refractivity (Wildman–Crippen MR) is 99.5 cm³/mol. The molecule has 138 valence electrons. The van der Waals surface area contributed by atoms with E-state index in [2.05, 4.69) is 15.9 Å². The predicted octanol–water partition coefficient (Wildman–Crippen LogP) is 3.98. The second-order valence-electron chi connectivity index (χ2n) is 5.54. The zero-order valence-corrected chi connectivity index (χ0v) is 16.7. The molecule has 2 rings (SSSR count). The van der Waals surface area contributed by atoms with Crippen LogP contribution in [0.5, 0.6) is 5.75 Å². The Bertz CT molecular complexity index is 635. The van der Waals surface area contributed by atoms with E-state index in [4.69, 9.17) is 18.9 Å². The molecule has 25 heavy (non-hydrogen) atoms. The molecule has 0 radical (unpaired) electrons. The minimum atomic E-state index is -0.431. The number of ether oxygens (including phenoxy) is 4. The normalized spacial score (nSPS) is 17.8. The molecule has 5 nitrogen and oxygen atoms in total. The third-order valence-corrected chi connectivity index (χ3v) is 4.84. The number of hydrogen-bond acceptors (Lipinski definition) is 5. The molecule has 0 aliphatic heterocycles. The lowest BCUT2D eigenvalue weighted by atomic mass is 9.98. The van der Waals surface area contributed by atoms with Gasteiger partial charge in [0.25, 0.3) is 0 Å². The van der Waals surface area contributed by atoms with Crippen molar-refractivity contribution in [2.75, 3.05) is 26.9 Å². The van der Waals surface area contributed by atoms with Crippen LogP contribution >= 0.6 is 15.9 Å². The molecule has 0 saturated heterocycles. The second kappa shape index (κ2) is 9.36. The van der Waals surface area contributed by atoms with Gasteiger partial charge in [-0.15, -0.1) is 0 Å². The number of fused-ring (bicyclic) bond motifs is 1. The fourth-order valence-corrected chi connectivity index (χ4v) is 3.64. The van der Waals surface area contributed by atoms with Crippen molar-refractivity contribution < 1.29 is 23.7 Å². The van der Waals surface area contributed by atoms with Crippen LogP contribution in [-0.4, -0.2) is 39.2 Å². The van der Waals surface area contributed by atoms with Crippen molar-refractivity contribution in [2.24, 2.45) is 5.92 Å². The summed E-state index contributed by atoms with van der Waals surface area (Å²) in [6.45, 7) is 7.04. The lowest BCUT2D eigenvalue weighted by Gasteiger charge is -2.24. The van der Waals surface area contributed by atoms with E-state index in [1.807, 2.05) is 26.0 Å². The Morgan fingerprint density at radius 2 is 1.92 bits per heavy atom. The minimum Gasteiger partial charge on any atom is -0.496 e. The second-order valence-corrected chi connectivity index (χ2v) is 6.40. The van der Waals surface area contributed by atoms with Crippen molar-refractivity contribution in [2.45, 2.75) is 33.5 Å². The quantitative estimate of drug-likeness (QED) is 0.367. The van der Waals surface area contributed by atoms with Crippen molar-refractivity contribution in [3.8, 4) is 5.75 Å². The van der Waals surface area contributed by atoms with Gasteiger partial charge in [0, 0.05) is 35.2 Å². The summed E-state index contributed by atoms with van der Waals surface area (Å²) < 4.78 is 23.3. The lowest BCUT2D eigenvalue weighted by molar-refractivity contribution is -0.154. The molecule has 1 atom stereocenters. The van der Waals surface area contributed by atoms with Crippen molar-refractivity contribution in [3.63, 3.8) is 0 Å². The maximum absolute atomic E-state index is 12.1. The topological polar surface area (TPSA) is 54.0 Å². The van der Waals surface area contributed by atoms with Gasteiger partial charge in [0.2, 0.25) is 0 Å². The number of halogens is 1. The van der Waals surface area contributed by atoms with E-state index in [1.165, 1.54) is 0 Å². The molecule has 1 aromatic carbocycles. The van der Waals surface area contributed by atoms with Crippen LogP contribution < -0.4 is 4.74 Å². The first-order chi connectivity index (χ1) is 12.1. The summed E-state index contributed by atoms with van der Waals surface area (Å²) >= 11 is 3.61. The van der Waals surface area contributed by atoms with Gasteiger partial charge in [-0.3, -0.25) is 0 Å². The smallest absolute Gasteiger partial charge is 0.331 e. The summed E-state index contributed by atoms with van der Waals surface area (Å²) in [6.07, 6.45) is 1.81. The van der Waals surface area contributed by atoms with Crippen molar-refractivity contribution in [3.05, 3.63) is 33.8 Å². The average molecular weight is 413 g/mol. The number of rotatable bonds is 8. The van der Waals surface area contributed by atoms with Crippen molar-refractivity contribution in [1.82, 2.24) is 0 Å². The highest BCUT2D eigenvalue weighted by atomic mass is 79.9. The molecule has 0 bridgehead atoms. The van der Waals surface area contributed by atoms with Crippen LogP contribution in [0.4, 0.5) is 0 Å². The molecule has 1 unspecified atom stereocenters. The molecule has 0 N–H and O–H groups in total. The SMILES string of the molecule is CCOC(=O)/C=C1/c2c(OC)ccc(Br)c2CC1C(OCC)OCC. The molecule has 0 aromatic heterocycles. The van der Waals surface area contributed by atoms with Gasteiger partial charge in [-0.25, -0.2) is 4.79 Å². The Kier molecular flexibility index (Phi) is 7.47. The first-order valence-electron chi connectivity index (χ1n) is 8.54. The fourth-order valence-electron chi connectivity index (χ4n) is 3.14. The molecule has 1 aromatic rings. The summed E-state index contributed by atoms with van der Waals surface area (Å²) in [4.78, 5) is 12.1. The van der Waals surface area contributed by atoms with Gasteiger partial charge in [-0.05, 0) is 50.5 Å². The van der Waals surface area contributed by atoms with E-state index in [0.29, 0.717) is 26.2 Å². The summed E-state index contributed by atoms with van der Waals surface area (Å²) in [5, 5.41) is 0. The van der Waals surface area contributed by atoms with Gasteiger partial charge in [0.15, 0.2) is 6.29 Å². The van der Waals surface area contributed by atoms with Crippen LogP contribution in [0.3, 0.4) is 0 Å². The van der Waals surface area contributed by atoms with E-state index in [0.717, 1.165) is 26.9 Å². The van der Waals surface area contributed by atoms with Gasteiger partial charge in [0.05, 0.1) is 13.7 Å². The molecule has 1 aliphatic carbocycles. The van der Waals surface area contributed by atoms with E-state index < -0.39 is 6.29 Å². The van der Waals surface area contributed by atoms with Crippen LogP contribution in [0.2, 0.25) is 0 Å². The summed E-state index contributed by atoms with van der Waals surface area (Å²) in [5.74, 6) is 0.249. The molecular weight excluding hydrogens is 388 g/mol. The third-order valence-electron chi connectivity index (χ3n) is 4.10. The van der Waals surface area contributed by atoms with Crippen molar-refractivity contribution >= 4 is 27.5 Å². The molecule has 0 saturated carbocycles. The Labute approximate surface area is 157 Å². The van der Waals surface area contributed by atoms with Gasteiger partial charge in [-0.2, -0.15) is 0 Å². The van der Waals surface area contributed by atoms with Gasteiger partial charge in [0.1, 0.15) is 5.75 Å². The Balaban J connectivity index is 2.53. The molecule has 0 amide bonds. The van der Waals surface area contributed by atoms with Gasteiger partial charge >= 0.3 is 5.97 Å². The van der Waals surface area contributed by atoms with Gasteiger partial charge < -0.3 is 18.9 Å². The highest BCUT2D eigenvalue weighted by Crippen LogP contribution is 2.47. The summed E-state index contributed by atoms with van der Waals surface area (Å²) in [6, 6.07) is 3.85. The Morgan fingerprint density at radius 3 is 2.48 bits per heavy atom. The monoisotopic (exact) mass is 412 g/mol. The average Bonchev–Trinajstić information content (AvgIpc) is 2.96. The van der Waals surface area contributed by atoms with Crippen molar-refractivity contribution in [1.29, 1.82) is 0 Å². The highest BCUT2D eigenvalue weighted by Gasteiger charge is 2.38. The molecule has 6 heteroatoms. The van der Waals surface area contributed by atoms with E-state index >= 15 is 0 Å². The number of carbonyl (C=O) groups is 1. The van der Waals surface area contributed by atoms with E-state index in [1.54, 1.807) is 20.1 Å². The largest absolute Gasteiger partial charge is 0.496 e. The Hall–Kier alpha value is -1.37. The Morgan fingerprint density at radius 1 is 1.24 bits per heavy atom. The standard InChI is InChI=1S/C19H25BrO5/c1-5-23-17(21)11-12-13(19(24-6-2)25-7-3)10-14-15(20)8-9-16(22-4)18(12)14/h8-9,11,13,19H,5-7,10H2,1-4H3/b12-11+. The lowest BCUT2D eigenvalue weighted by Crippen LogP contribution is -2.28. The third kappa shape index (κ3) is 4.43. The van der Waals surface area contributed by atoms with Gasteiger partial charge in [-0.1, -0.05) is 15.9 Å². The first-order valence-corrected chi connectivity index (χ1v) is 9.33. The molecule has 0 heterocycles. The highest BCUT2D eigenvalue weighted by molar-refractivity contribution is 9.10. The maximum Gasteiger partial charge on any atom is 0.331 e. The number of benzene rings is 1. The van der Waals surface area contributed by atoms with Crippen LogP contribution in [0.25, 0.3) is 5.57 Å². The minimum absolute atomic E-state index is 0.105. The number of carbonyl (C=O) groups excluding carboxylic acids is 1. The molecule has 0 fully saturated rings. The zero-order valence-electron chi connectivity index (χ0n) is 15.1. The first kappa shape index (κ1) is 19.9. The summed E-state index contributed by atoms with van der Waals surface area (Å²) in [7, 11) is 1.63. The molecular formula is C19H25BrO5.